The highest BCUT2D eigenvalue weighted by molar-refractivity contribution is 6.11. The van der Waals surface area contributed by atoms with E-state index >= 15 is 0 Å². The summed E-state index contributed by atoms with van der Waals surface area (Å²) in [5, 5.41) is 2.51. The predicted molar refractivity (Wildman–Crippen MR) is 69.2 cm³/mol. The number of pyridine rings is 2. The third-order valence-corrected chi connectivity index (χ3v) is 2.72. The first-order chi connectivity index (χ1) is 10.7. The molecule has 0 atom stereocenters. The molecule has 90 valence electrons. The van der Waals surface area contributed by atoms with E-state index in [9.17, 15) is 4.79 Å². The Morgan fingerprint density at radius 1 is 1.44 bits per heavy atom. The number of carbonyl (C=O) groups is 1. The number of nitrogens with zero attached hydrogens (tertiary/aromatic N) is 3. The lowest BCUT2D eigenvalue weighted by Gasteiger charge is -2.18. The van der Waals surface area contributed by atoms with Crippen molar-refractivity contribution in [3.8, 4) is 0 Å². The van der Waals surface area contributed by atoms with Crippen LogP contribution in [0.15, 0.2) is 30.5 Å². The van der Waals surface area contributed by atoms with E-state index in [2.05, 4.69) is 15.3 Å². The van der Waals surface area contributed by atoms with Crippen LogP contribution in [-0.4, -0.2) is 22.9 Å². The summed E-state index contributed by atoms with van der Waals surface area (Å²) in [6.07, 6.45) is 1.02. The second-order valence-corrected chi connectivity index (χ2v) is 3.81. The minimum absolute atomic E-state index is 0.0722. The van der Waals surface area contributed by atoms with Crippen LogP contribution in [0.2, 0.25) is 0 Å². The number of amides is 1. The van der Waals surface area contributed by atoms with Crippen molar-refractivity contribution >= 4 is 23.2 Å². The van der Waals surface area contributed by atoms with E-state index in [-0.39, 0.29) is 17.1 Å². The van der Waals surface area contributed by atoms with Gasteiger partial charge in [0.1, 0.15) is 5.82 Å². The molecule has 1 aliphatic rings. The Balaban J connectivity index is 2.36. The number of hydrogen-bond acceptors (Lipinski definition) is 4. The molecule has 1 amide bonds. The van der Waals surface area contributed by atoms with Gasteiger partial charge in [0.15, 0.2) is 5.82 Å². The second-order valence-electron chi connectivity index (χ2n) is 3.81. The van der Waals surface area contributed by atoms with Crippen molar-refractivity contribution in [3.63, 3.8) is 0 Å². The van der Waals surface area contributed by atoms with Crippen molar-refractivity contribution in [2.75, 3.05) is 17.3 Å². The zero-order valence-corrected chi connectivity index (χ0v) is 9.48. The number of aromatic nitrogens is 2. The lowest BCUT2D eigenvalue weighted by molar-refractivity contribution is 0.102. The maximum Gasteiger partial charge on any atom is 0.259 e. The lowest BCUT2D eigenvalue weighted by atomic mass is 10.2. The first-order valence-electron chi connectivity index (χ1n) is 7.73. The largest absolute Gasteiger partial charge is 0.318 e. The highest BCUT2D eigenvalue weighted by Gasteiger charge is 2.25. The molecule has 5 heteroatoms. The molecule has 2 aromatic rings. The van der Waals surface area contributed by atoms with Crippen molar-refractivity contribution in [2.45, 2.75) is 6.85 Å². The van der Waals surface area contributed by atoms with Crippen LogP contribution in [0.25, 0.3) is 0 Å². The monoisotopic (exact) mass is 245 g/mol. The molecule has 5 nitrogen and oxygen atoms in total. The predicted octanol–water partition coefficient (Wildman–Crippen LogP) is 2.12. The van der Waals surface area contributed by atoms with E-state index in [1.807, 2.05) is 0 Å². The van der Waals surface area contributed by atoms with Gasteiger partial charge in [-0.05, 0) is 30.6 Å². The standard InChI is InChI=1S/C13H12N4O/c1-8-5-7-15-12-10(8)16-13(18)9-4-3-6-14-11(9)17(12)2/h3-7H,1-2H3,(H,16,18)/i1D3,5D,7D. The number of fused-ring (bicyclic) bond motifs is 2. The van der Waals surface area contributed by atoms with Crippen LogP contribution >= 0.6 is 0 Å². The number of rotatable bonds is 0. The normalized spacial score (nSPS) is 18.2. The molecular formula is C13H12N4O. The molecule has 0 aliphatic carbocycles. The van der Waals surface area contributed by atoms with Crippen LogP contribution in [0, 0.1) is 6.85 Å². The summed E-state index contributed by atoms with van der Waals surface area (Å²) in [5.74, 6) is -0.170. The summed E-state index contributed by atoms with van der Waals surface area (Å²) in [6.45, 7) is -2.67. The van der Waals surface area contributed by atoms with Gasteiger partial charge in [0, 0.05) is 23.5 Å². The fourth-order valence-electron chi connectivity index (χ4n) is 1.85. The SMILES string of the molecule is [2H]c1nc2c(c(C([2H])([2H])[2H])c1[2H])NC(=O)c1cccnc1N2C. The van der Waals surface area contributed by atoms with Gasteiger partial charge in [0.25, 0.3) is 5.91 Å². The minimum atomic E-state index is -2.67. The smallest absolute Gasteiger partial charge is 0.259 e. The highest BCUT2D eigenvalue weighted by atomic mass is 16.1. The number of carbonyl (C=O) groups excluding carboxylic acids is 1. The Morgan fingerprint density at radius 3 is 3.17 bits per heavy atom. The fraction of sp³-hybridized carbons (Fsp3) is 0.154. The average Bonchev–Trinajstić information content (AvgIpc) is 2.57. The average molecular weight is 245 g/mol. The van der Waals surface area contributed by atoms with Crippen molar-refractivity contribution in [2.24, 2.45) is 0 Å². The first kappa shape index (κ1) is 6.49. The molecule has 2 aromatic heterocycles. The summed E-state index contributed by atoms with van der Waals surface area (Å²) in [7, 11) is 1.57. The Bertz CT molecular complexity index is 821. The van der Waals surface area contributed by atoms with Gasteiger partial charge in [-0.25, -0.2) is 9.97 Å². The molecule has 0 spiro atoms. The quantitative estimate of drug-likeness (QED) is 0.772. The Labute approximate surface area is 112 Å². The number of hydrogen-bond donors (Lipinski definition) is 1. The van der Waals surface area contributed by atoms with Crippen LogP contribution in [0.3, 0.4) is 0 Å². The lowest BCUT2D eigenvalue weighted by Crippen LogP contribution is -2.14. The molecule has 0 radical (unpaired) electrons. The maximum atomic E-state index is 12.4. The van der Waals surface area contributed by atoms with Gasteiger partial charge in [0.05, 0.1) is 14.0 Å². The first-order valence-corrected chi connectivity index (χ1v) is 5.23. The molecule has 0 fully saturated rings. The summed E-state index contributed by atoms with van der Waals surface area (Å²) in [6, 6.07) is 2.61. The van der Waals surface area contributed by atoms with Crippen LogP contribution in [0.4, 0.5) is 17.3 Å². The van der Waals surface area contributed by atoms with Crippen molar-refractivity contribution in [1.29, 1.82) is 0 Å². The van der Waals surface area contributed by atoms with Gasteiger partial charge in [0.2, 0.25) is 0 Å². The van der Waals surface area contributed by atoms with Gasteiger partial charge in [-0.2, -0.15) is 0 Å². The van der Waals surface area contributed by atoms with E-state index < -0.39 is 30.5 Å². The van der Waals surface area contributed by atoms with E-state index in [4.69, 9.17) is 6.85 Å². The molecule has 0 bridgehead atoms. The summed E-state index contributed by atoms with van der Waals surface area (Å²) in [5.41, 5.74) is -0.237. The van der Waals surface area contributed by atoms with Crippen molar-refractivity contribution in [1.82, 2.24) is 9.97 Å². The Hall–Kier alpha value is -2.43. The van der Waals surface area contributed by atoms with Crippen molar-refractivity contribution < 1.29 is 11.6 Å². The van der Waals surface area contributed by atoms with Crippen LogP contribution in [0.5, 0.6) is 0 Å². The van der Waals surface area contributed by atoms with Crippen molar-refractivity contribution in [3.05, 3.63) is 41.7 Å². The number of anilines is 3. The number of nitrogens with one attached hydrogen (secondary N) is 1. The second kappa shape index (κ2) is 3.80. The fourth-order valence-corrected chi connectivity index (χ4v) is 1.85. The molecule has 1 N–H and O–H groups in total. The molecule has 3 rings (SSSR count). The van der Waals surface area contributed by atoms with Gasteiger partial charge in [-0.1, -0.05) is 0 Å². The zero-order valence-electron chi connectivity index (χ0n) is 14.5. The van der Waals surface area contributed by atoms with Gasteiger partial charge in [-0.15, -0.1) is 0 Å². The highest BCUT2D eigenvalue weighted by Crippen LogP contribution is 2.35. The summed E-state index contributed by atoms with van der Waals surface area (Å²) < 4.78 is 38.5. The van der Waals surface area contributed by atoms with E-state index in [1.54, 1.807) is 19.2 Å². The van der Waals surface area contributed by atoms with Gasteiger partial charge in [-0.3, -0.25) is 4.79 Å². The van der Waals surface area contributed by atoms with Crippen LogP contribution in [0.1, 0.15) is 22.8 Å². The third-order valence-electron chi connectivity index (χ3n) is 2.72. The molecule has 0 saturated heterocycles. The molecule has 1 aliphatic heterocycles. The van der Waals surface area contributed by atoms with E-state index in [0.29, 0.717) is 5.82 Å². The van der Waals surface area contributed by atoms with Crippen LogP contribution in [-0.2, 0) is 0 Å². The maximum absolute atomic E-state index is 12.4. The molecular weight excluding hydrogens is 228 g/mol. The Morgan fingerprint density at radius 2 is 2.33 bits per heavy atom. The van der Waals surface area contributed by atoms with E-state index in [1.165, 1.54) is 11.1 Å². The van der Waals surface area contributed by atoms with Gasteiger partial charge < -0.3 is 10.2 Å². The Kier molecular flexibility index (Phi) is 1.37. The minimum Gasteiger partial charge on any atom is -0.318 e. The summed E-state index contributed by atoms with van der Waals surface area (Å²) >= 11 is 0. The molecule has 0 saturated carbocycles. The van der Waals surface area contributed by atoms with Gasteiger partial charge >= 0.3 is 0 Å². The van der Waals surface area contributed by atoms with E-state index in [0.717, 1.165) is 0 Å². The molecule has 18 heavy (non-hydrogen) atoms. The molecule has 3 heterocycles. The van der Waals surface area contributed by atoms with Crippen LogP contribution < -0.4 is 10.2 Å². The third kappa shape index (κ3) is 1.44. The topological polar surface area (TPSA) is 58.1 Å². The zero-order chi connectivity index (χ0) is 16.9. The molecule has 0 aromatic carbocycles. The molecule has 0 unspecified atom stereocenters. The summed E-state index contributed by atoms with van der Waals surface area (Å²) in [4.78, 5) is 21.9.